The Morgan fingerprint density at radius 2 is 2.44 bits per heavy atom. The molecule has 1 aliphatic rings. The van der Waals surface area contributed by atoms with Crippen LogP contribution in [0.3, 0.4) is 0 Å². The van der Waals surface area contributed by atoms with Gasteiger partial charge in [-0.15, -0.1) is 0 Å². The van der Waals surface area contributed by atoms with Crippen LogP contribution in [0.25, 0.3) is 0 Å². The summed E-state index contributed by atoms with van der Waals surface area (Å²) in [5, 5.41) is 9.53. The molecule has 9 heavy (non-hydrogen) atoms. The van der Waals surface area contributed by atoms with Crippen molar-refractivity contribution in [3.63, 3.8) is 0 Å². The highest BCUT2D eigenvalue weighted by atomic mass is 16.5. The van der Waals surface area contributed by atoms with Gasteiger partial charge < -0.3 is 9.84 Å². The summed E-state index contributed by atoms with van der Waals surface area (Å²) < 4.78 is 5.11. The lowest BCUT2D eigenvalue weighted by Gasteiger charge is -2.21. The molecule has 1 saturated heterocycles. The third-order valence-electron chi connectivity index (χ3n) is 2.09. The van der Waals surface area contributed by atoms with Gasteiger partial charge in [-0.25, -0.2) is 0 Å². The van der Waals surface area contributed by atoms with Crippen LogP contribution in [0.2, 0.25) is 0 Å². The summed E-state index contributed by atoms with van der Waals surface area (Å²) in [6, 6.07) is 0. The van der Waals surface area contributed by atoms with Gasteiger partial charge in [0.1, 0.15) is 0 Å². The zero-order chi connectivity index (χ0) is 6.91. The van der Waals surface area contributed by atoms with Crippen LogP contribution in [-0.2, 0) is 4.74 Å². The van der Waals surface area contributed by atoms with Crippen molar-refractivity contribution in [2.45, 2.75) is 25.9 Å². The van der Waals surface area contributed by atoms with E-state index in [9.17, 15) is 5.11 Å². The first-order valence-corrected chi connectivity index (χ1v) is 3.47. The van der Waals surface area contributed by atoms with Gasteiger partial charge in [0.05, 0.1) is 18.8 Å². The van der Waals surface area contributed by atoms with Crippen molar-refractivity contribution >= 4 is 0 Å². The highest BCUT2D eigenvalue weighted by Crippen LogP contribution is 2.26. The van der Waals surface area contributed by atoms with Crippen molar-refractivity contribution < 1.29 is 9.84 Å². The molecule has 0 radical (unpaired) electrons. The predicted molar refractivity (Wildman–Crippen MR) is 35.2 cm³/mol. The Morgan fingerprint density at radius 1 is 1.78 bits per heavy atom. The fourth-order valence-corrected chi connectivity index (χ4v) is 1.26. The van der Waals surface area contributed by atoms with Crippen LogP contribution in [-0.4, -0.2) is 23.9 Å². The third kappa shape index (κ3) is 1.25. The number of aliphatic hydroxyl groups is 1. The number of hydrogen-bond donors (Lipinski definition) is 1. The fraction of sp³-hybridized carbons (Fsp3) is 1.00. The SMILES string of the molecule is CC[C@@H]1COC[C@]1(C)O. The molecule has 0 unspecified atom stereocenters. The van der Waals surface area contributed by atoms with E-state index < -0.39 is 5.60 Å². The molecule has 1 heterocycles. The molecule has 0 aromatic heterocycles. The van der Waals surface area contributed by atoms with Crippen molar-refractivity contribution in [2.24, 2.45) is 5.92 Å². The second-order valence-electron chi connectivity index (χ2n) is 2.98. The Kier molecular flexibility index (Phi) is 1.78. The summed E-state index contributed by atoms with van der Waals surface area (Å²) in [5.41, 5.74) is -0.561. The van der Waals surface area contributed by atoms with E-state index in [2.05, 4.69) is 6.92 Å². The first kappa shape index (κ1) is 7.03. The van der Waals surface area contributed by atoms with Crippen molar-refractivity contribution in [1.29, 1.82) is 0 Å². The third-order valence-corrected chi connectivity index (χ3v) is 2.09. The number of ether oxygens (including phenoxy) is 1. The van der Waals surface area contributed by atoms with Gasteiger partial charge in [0.15, 0.2) is 0 Å². The molecule has 0 aromatic carbocycles. The maximum atomic E-state index is 9.53. The molecule has 54 valence electrons. The Bertz CT molecular complexity index is 99.1. The fourth-order valence-electron chi connectivity index (χ4n) is 1.26. The first-order valence-electron chi connectivity index (χ1n) is 3.47. The van der Waals surface area contributed by atoms with Gasteiger partial charge in [-0.05, 0) is 13.3 Å². The average Bonchev–Trinajstić information content (AvgIpc) is 2.08. The summed E-state index contributed by atoms with van der Waals surface area (Å²) in [6.45, 7) is 5.15. The molecule has 1 fully saturated rings. The second kappa shape index (κ2) is 2.27. The van der Waals surface area contributed by atoms with Crippen LogP contribution in [0.5, 0.6) is 0 Å². The Labute approximate surface area is 55.8 Å². The molecule has 2 nitrogen and oxygen atoms in total. The minimum Gasteiger partial charge on any atom is -0.387 e. The molecular weight excluding hydrogens is 116 g/mol. The van der Waals surface area contributed by atoms with E-state index in [1.807, 2.05) is 6.92 Å². The normalized spacial score (nSPS) is 43.7. The first-order chi connectivity index (χ1) is 4.17. The van der Waals surface area contributed by atoms with Crippen molar-refractivity contribution in [3.05, 3.63) is 0 Å². The Balaban J connectivity index is 2.52. The van der Waals surface area contributed by atoms with Crippen LogP contribution < -0.4 is 0 Å². The molecule has 1 rings (SSSR count). The molecule has 2 atom stereocenters. The zero-order valence-corrected chi connectivity index (χ0v) is 6.05. The van der Waals surface area contributed by atoms with Crippen molar-refractivity contribution in [3.8, 4) is 0 Å². The van der Waals surface area contributed by atoms with E-state index in [0.717, 1.165) is 13.0 Å². The van der Waals surface area contributed by atoms with Gasteiger partial charge in [-0.2, -0.15) is 0 Å². The van der Waals surface area contributed by atoms with E-state index in [1.54, 1.807) is 0 Å². The molecule has 0 aromatic rings. The molecule has 0 saturated carbocycles. The molecule has 0 aliphatic carbocycles. The van der Waals surface area contributed by atoms with Crippen LogP contribution >= 0.6 is 0 Å². The number of hydrogen-bond acceptors (Lipinski definition) is 2. The summed E-state index contributed by atoms with van der Waals surface area (Å²) in [4.78, 5) is 0. The van der Waals surface area contributed by atoms with Crippen LogP contribution in [0.4, 0.5) is 0 Å². The van der Waals surface area contributed by atoms with E-state index in [0.29, 0.717) is 12.5 Å². The Hall–Kier alpha value is -0.0800. The lowest BCUT2D eigenvalue weighted by molar-refractivity contribution is 0.0181. The maximum absolute atomic E-state index is 9.53. The molecule has 0 bridgehead atoms. The highest BCUT2D eigenvalue weighted by molar-refractivity contribution is 4.85. The maximum Gasteiger partial charge on any atom is 0.0901 e. The highest BCUT2D eigenvalue weighted by Gasteiger charge is 2.36. The molecule has 1 aliphatic heterocycles. The van der Waals surface area contributed by atoms with E-state index >= 15 is 0 Å². The predicted octanol–water partition coefficient (Wildman–Crippen LogP) is 0.794. The smallest absolute Gasteiger partial charge is 0.0901 e. The lowest BCUT2D eigenvalue weighted by Crippen LogP contribution is -2.32. The van der Waals surface area contributed by atoms with Crippen molar-refractivity contribution in [1.82, 2.24) is 0 Å². The zero-order valence-electron chi connectivity index (χ0n) is 6.05. The van der Waals surface area contributed by atoms with Gasteiger partial charge in [-0.3, -0.25) is 0 Å². The molecule has 2 heteroatoms. The van der Waals surface area contributed by atoms with Crippen LogP contribution in [0, 0.1) is 5.92 Å². The van der Waals surface area contributed by atoms with Crippen molar-refractivity contribution in [2.75, 3.05) is 13.2 Å². The number of rotatable bonds is 1. The van der Waals surface area contributed by atoms with Crippen LogP contribution in [0.15, 0.2) is 0 Å². The second-order valence-corrected chi connectivity index (χ2v) is 2.98. The van der Waals surface area contributed by atoms with E-state index in [4.69, 9.17) is 4.74 Å². The van der Waals surface area contributed by atoms with E-state index in [1.165, 1.54) is 0 Å². The van der Waals surface area contributed by atoms with Gasteiger partial charge in [0.25, 0.3) is 0 Å². The van der Waals surface area contributed by atoms with Gasteiger partial charge in [-0.1, -0.05) is 6.92 Å². The molecule has 0 amide bonds. The van der Waals surface area contributed by atoms with E-state index in [-0.39, 0.29) is 0 Å². The quantitative estimate of drug-likeness (QED) is 0.568. The summed E-state index contributed by atoms with van der Waals surface area (Å²) >= 11 is 0. The minimum absolute atomic E-state index is 0.345. The average molecular weight is 130 g/mol. The minimum atomic E-state index is -0.561. The lowest BCUT2D eigenvalue weighted by atomic mass is 9.91. The topological polar surface area (TPSA) is 29.5 Å². The summed E-state index contributed by atoms with van der Waals surface area (Å²) in [7, 11) is 0. The molecular formula is C7H14O2. The largest absolute Gasteiger partial charge is 0.387 e. The molecule has 0 spiro atoms. The monoisotopic (exact) mass is 130 g/mol. The summed E-state index contributed by atoms with van der Waals surface area (Å²) in [5.74, 6) is 0.345. The van der Waals surface area contributed by atoms with Crippen LogP contribution in [0.1, 0.15) is 20.3 Å². The molecule has 1 N–H and O–H groups in total. The summed E-state index contributed by atoms with van der Waals surface area (Å²) in [6.07, 6.45) is 1.01. The standard InChI is InChI=1S/C7H14O2/c1-3-6-4-9-5-7(6,2)8/h6,8H,3-5H2,1-2H3/t6-,7+/m1/s1. The van der Waals surface area contributed by atoms with Gasteiger partial charge in [0, 0.05) is 5.92 Å². The van der Waals surface area contributed by atoms with Gasteiger partial charge in [0.2, 0.25) is 0 Å². The Morgan fingerprint density at radius 3 is 2.67 bits per heavy atom. The van der Waals surface area contributed by atoms with Gasteiger partial charge >= 0.3 is 0 Å².